The van der Waals surface area contributed by atoms with Crippen molar-refractivity contribution >= 4 is 45.3 Å². The van der Waals surface area contributed by atoms with Gasteiger partial charge in [0, 0.05) is 54.9 Å². The van der Waals surface area contributed by atoms with Gasteiger partial charge >= 0.3 is 12.0 Å². The summed E-state index contributed by atoms with van der Waals surface area (Å²) in [4.78, 5) is 51.1. The van der Waals surface area contributed by atoms with E-state index in [2.05, 4.69) is 29.8 Å². The number of allylic oxidation sites excluding steroid dienone is 1. The molecule has 12 nitrogen and oxygen atoms in total. The summed E-state index contributed by atoms with van der Waals surface area (Å²) in [5.41, 5.74) is 0.850. The molecular weight excluding hydrogens is 620 g/mol. The van der Waals surface area contributed by atoms with Crippen molar-refractivity contribution in [2.24, 2.45) is 5.92 Å². The lowest BCUT2D eigenvalue weighted by molar-refractivity contribution is -0.149. The van der Waals surface area contributed by atoms with Crippen molar-refractivity contribution in [3.63, 3.8) is 0 Å². The molecule has 3 atom stereocenters. The van der Waals surface area contributed by atoms with E-state index in [0.29, 0.717) is 41.4 Å². The summed E-state index contributed by atoms with van der Waals surface area (Å²) >= 11 is 1.50. The van der Waals surface area contributed by atoms with Gasteiger partial charge in [0.15, 0.2) is 5.13 Å². The predicted octanol–water partition coefficient (Wildman–Crippen LogP) is 5.14. The number of benzene rings is 1. The molecule has 1 aliphatic heterocycles. The number of ether oxygens (including phenoxy) is 3. The van der Waals surface area contributed by atoms with Crippen LogP contribution in [0.5, 0.6) is 11.5 Å². The van der Waals surface area contributed by atoms with Gasteiger partial charge in [0.05, 0.1) is 31.5 Å². The number of carbonyl (C=O) groups is 3. The summed E-state index contributed by atoms with van der Waals surface area (Å²) in [6, 6.07) is 6.29. The zero-order valence-corrected chi connectivity index (χ0v) is 28.4. The molecule has 0 unspecified atom stereocenters. The third-order valence-electron chi connectivity index (χ3n) is 8.27. The lowest BCUT2D eigenvalue weighted by Gasteiger charge is -2.26. The van der Waals surface area contributed by atoms with E-state index >= 15 is 0 Å². The zero-order valence-electron chi connectivity index (χ0n) is 27.6. The van der Waals surface area contributed by atoms with E-state index in [-0.39, 0.29) is 37.6 Å². The van der Waals surface area contributed by atoms with E-state index in [0.717, 1.165) is 29.8 Å². The molecule has 3 N–H and O–H groups in total. The molecule has 0 spiro atoms. The highest BCUT2D eigenvalue weighted by atomic mass is 32.1. The molecule has 1 fully saturated rings. The second-order valence-electron chi connectivity index (χ2n) is 12.2. The van der Waals surface area contributed by atoms with Gasteiger partial charge in [0.25, 0.3) is 0 Å². The SMILES string of the molecule is CCOC(=O)[C@@]12C[C@H]1/C=C\CCCCN(C)C(=O)N[C@@H](CCOc1cc(-c3csc(NC(C)C)n3)nc3cc(OC)ccc13)C(=O)N2. The average Bonchev–Trinajstić information content (AvgIpc) is 3.54. The molecule has 3 amide bonds. The molecule has 2 aliphatic rings. The van der Waals surface area contributed by atoms with Crippen LogP contribution in [0.15, 0.2) is 41.8 Å². The van der Waals surface area contributed by atoms with Crippen LogP contribution in [0.25, 0.3) is 22.3 Å². The van der Waals surface area contributed by atoms with Crippen LogP contribution >= 0.6 is 11.3 Å². The first-order valence-corrected chi connectivity index (χ1v) is 17.0. The number of nitrogens with one attached hydrogen (secondary N) is 3. The summed E-state index contributed by atoms with van der Waals surface area (Å²) in [6.45, 7) is 6.70. The highest BCUT2D eigenvalue weighted by Crippen LogP contribution is 2.46. The molecule has 1 aliphatic carbocycles. The van der Waals surface area contributed by atoms with Crippen molar-refractivity contribution in [1.29, 1.82) is 0 Å². The van der Waals surface area contributed by atoms with Crippen LogP contribution in [0, 0.1) is 5.92 Å². The lowest BCUT2D eigenvalue weighted by atomic mass is 10.1. The molecule has 47 heavy (non-hydrogen) atoms. The number of nitrogens with zero attached hydrogens (tertiary/aromatic N) is 3. The Morgan fingerprint density at radius 2 is 2.02 bits per heavy atom. The third kappa shape index (κ3) is 8.13. The number of carbonyl (C=O) groups excluding carboxylic acids is 3. The van der Waals surface area contributed by atoms with Crippen molar-refractivity contribution in [2.45, 2.75) is 70.5 Å². The maximum Gasteiger partial charge on any atom is 0.332 e. The lowest BCUT2D eigenvalue weighted by Crippen LogP contribution is -2.56. The predicted molar refractivity (Wildman–Crippen MR) is 182 cm³/mol. The number of hydrogen-bond donors (Lipinski definition) is 3. The topological polar surface area (TPSA) is 144 Å². The van der Waals surface area contributed by atoms with Gasteiger partial charge in [-0.15, -0.1) is 11.3 Å². The number of fused-ring (bicyclic) bond motifs is 2. The van der Waals surface area contributed by atoms with Crippen LogP contribution in [-0.4, -0.2) is 84.3 Å². The van der Waals surface area contributed by atoms with Crippen molar-refractivity contribution in [1.82, 2.24) is 25.5 Å². The van der Waals surface area contributed by atoms with Gasteiger partial charge in [-0.1, -0.05) is 12.2 Å². The van der Waals surface area contributed by atoms with Crippen LogP contribution in [0.3, 0.4) is 0 Å². The van der Waals surface area contributed by atoms with E-state index < -0.39 is 23.5 Å². The van der Waals surface area contributed by atoms with Crippen molar-refractivity contribution in [3.05, 3.63) is 41.8 Å². The minimum absolute atomic E-state index is 0.0968. The number of pyridine rings is 1. The van der Waals surface area contributed by atoms with Crippen molar-refractivity contribution < 1.29 is 28.6 Å². The number of amides is 3. The first kappa shape index (κ1) is 34.0. The monoisotopic (exact) mass is 664 g/mol. The van der Waals surface area contributed by atoms with Crippen LogP contribution in [0.4, 0.5) is 9.93 Å². The quantitative estimate of drug-likeness (QED) is 0.198. The molecule has 3 aromatic rings. The first-order valence-electron chi connectivity index (χ1n) is 16.1. The summed E-state index contributed by atoms with van der Waals surface area (Å²) in [5.74, 6) is 0.117. The second kappa shape index (κ2) is 15.0. The molecule has 0 saturated heterocycles. The van der Waals surface area contributed by atoms with Crippen LogP contribution < -0.4 is 25.4 Å². The molecule has 5 rings (SSSR count). The maximum absolute atomic E-state index is 13.8. The highest BCUT2D eigenvalue weighted by molar-refractivity contribution is 7.14. The molecule has 1 aromatic carbocycles. The van der Waals surface area contributed by atoms with E-state index in [1.807, 2.05) is 41.8 Å². The van der Waals surface area contributed by atoms with E-state index in [9.17, 15) is 14.4 Å². The average molecular weight is 665 g/mol. The Morgan fingerprint density at radius 1 is 1.19 bits per heavy atom. The van der Waals surface area contributed by atoms with Gasteiger partial charge in [-0.2, -0.15) is 0 Å². The smallest absolute Gasteiger partial charge is 0.332 e. The third-order valence-corrected chi connectivity index (χ3v) is 9.04. The number of aromatic nitrogens is 2. The maximum atomic E-state index is 13.8. The molecule has 3 heterocycles. The minimum atomic E-state index is -1.14. The normalized spacial score (nSPS) is 22.5. The van der Waals surface area contributed by atoms with Crippen LogP contribution in [0.2, 0.25) is 0 Å². The number of anilines is 1. The van der Waals surface area contributed by atoms with Gasteiger partial charge in [-0.3, -0.25) is 4.79 Å². The Hall–Kier alpha value is -4.39. The number of esters is 1. The zero-order chi connectivity index (χ0) is 33.6. The molecule has 0 radical (unpaired) electrons. The van der Waals surface area contributed by atoms with Gasteiger partial charge in [0.1, 0.15) is 28.8 Å². The Kier molecular flexibility index (Phi) is 10.8. The Morgan fingerprint density at radius 3 is 2.79 bits per heavy atom. The van der Waals surface area contributed by atoms with E-state index in [1.165, 1.54) is 11.3 Å². The van der Waals surface area contributed by atoms with Gasteiger partial charge in [-0.25, -0.2) is 19.6 Å². The van der Waals surface area contributed by atoms with Gasteiger partial charge in [0.2, 0.25) is 5.91 Å². The molecule has 13 heteroatoms. The fourth-order valence-electron chi connectivity index (χ4n) is 5.56. The number of methoxy groups -OCH3 is 1. The Labute approximate surface area is 279 Å². The van der Waals surface area contributed by atoms with Crippen LogP contribution in [-0.2, 0) is 14.3 Å². The number of rotatable bonds is 10. The number of urea groups is 1. The van der Waals surface area contributed by atoms with Gasteiger partial charge < -0.3 is 35.1 Å². The fourth-order valence-corrected chi connectivity index (χ4v) is 6.41. The van der Waals surface area contributed by atoms with Crippen molar-refractivity contribution in [2.75, 3.05) is 39.2 Å². The van der Waals surface area contributed by atoms with E-state index in [4.69, 9.17) is 24.2 Å². The van der Waals surface area contributed by atoms with E-state index in [1.54, 1.807) is 26.0 Å². The largest absolute Gasteiger partial charge is 0.497 e. The summed E-state index contributed by atoms with van der Waals surface area (Å²) in [7, 11) is 3.31. The number of hydrogen-bond acceptors (Lipinski definition) is 10. The Balaban J connectivity index is 1.39. The second-order valence-corrected chi connectivity index (χ2v) is 13.1. The summed E-state index contributed by atoms with van der Waals surface area (Å²) in [6.07, 6.45) is 7.19. The summed E-state index contributed by atoms with van der Waals surface area (Å²) in [5, 5.41) is 12.6. The standard InChI is InChI=1S/C34H44N6O6S/c1-6-45-31(42)34-19-22(34)11-9-7-8-10-15-40(4)33(43)38-25(30(41)39-34)14-16-46-29-18-27(28-20-47-32(37-28)35-21(2)3)36-26-17-23(44-5)12-13-24(26)29/h9,11-13,17-18,20-22,25H,6-8,10,14-16,19H2,1-5H3,(H,35,37)(H,38,43)(H,39,41)/b11-9-/t22-,25+,34-/m1/s1. The van der Waals surface area contributed by atoms with Gasteiger partial charge in [-0.05, 0) is 58.6 Å². The Bertz CT molecular complexity index is 1630. The van der Waals surface area contributed by atoms with Crippen molar-refractivity contribution in [3.8, 4) is 22.9 Å². The fraction of sp³-hybridized carbons (Fsp3) is 0.500. The highest BCUT2D eigenvalue weighted by Gasteiger charge is 2.61. The van der Waals surface area contributed by atoms with Crippen LogP contribution in [0.1, 0.15) is 52.9 Å². The minimum Gasteiger partial charge on any atom is -0.497 e. The molecule has 2 aromatic heterocycles. The molecule has 252 valence electrons. The first-order chi connectivity index (χ1) is 22.6. The molecule has 0 bridgehead atoms. The summed E-state index contributed by atoms with van der Waals surface area (Å²) < 4.78 is 17.1. The number of thiazole rings is 1. The molecule has 1 saturated carbocycles. The molecular formula is C34H44N6O6S.